The van der Waals surface area contributed by atoms with Gasteiger partial charge in [-0.2, -0.15) is 11.8 Å². The molecule has 0 bridgehead atoms. The summed E-state index contributed by atoms with van der Waals surface area (Å²) in [5.74, 6) is 11.1. The minimum atomic E-state index is 0.277. The van der Waals surface area contributed by atoms with E-state index in [4.69, 9.17) is 14.2 Å². The van der Waals surface area contributed by atoms with Gasteiger partial charge in [-0.15, -0.1) is 23.5 Å². The van der Waals surface area contributed by atoms with Crippen molar-refractivity contribution in [1.82, 2.24) is 58.5 Å². The Balaban J connectivity index is 0.000000112. The number of hydrogen-bond donors (Lipinski definition) is 11. The Labute approximate surface area is 612 Å². The maximum atomic E-state index is 5.48. The van der Waals surface area contributed by atoms with Crippen molar-refractivity contribution >= 4 is 35.3 Å². The fourth-order valence-corrected chi connectivity index (χ4v) is 17.9. The average Bonchev–Trinajstić information content (AvgIpc) is 3.08. The van der Waals surface area contributed by atoms with Gasteiger partial charge in [0.2, 0.25) is 0 Å². The van der Waals surface area contributed by atoms with Gasteiger partial charge in [0.1, 0.15) is 0 Å². The molecule has 20 aliphatic rings. The zero-order valence-electron chi connectivity index (χ0n) is 58.6. The Morgan fingerprint density at radius 2 is 0.900 bits per heavy atom. The molecule has 100 heavy (non-hydrogen) atoms. The Kier molecular flexibility index (Phi) is 33.8. The SMILES string of the molecule is C1=CC2CC=CNC2C=C1.C1=CC2CCCNC2C=C1.C1=CC2CCNCC2C=C1.C1=CC2CNCNC2C=C1.C1=CC2CNCOC2C=C1.C1=CC2CNCSC2C=C1.C1=CC2COCNC2C=C1.C1=CC2CSCNC2C=C1.C1=CC2NCCOC2C=C1.C1=CC2NCCSC2C=C1. The van der Waals surface area contributed by atoms with Crippen LogP contribution in [0, 0.1) is 53.3 Å². The second-order valence-corrected chi connectivity index (χ2v) is 31.0. The van der Waals surface area contributed by atoms with Crippen LogP contribution in [0.1, 0.15) is 25.7 Å². The molecule has 20 unspecified atom stereocenters. The van der Waals surface area contributed by atoms with Gasteiger partial charge < -0.3 is 56.7 Å². The van der Waals surface area contributed by atoms with Crippen LogP contribution < -0.4 is 58.5 Å². The molecule has 17 heteroatoms. The van der Waals surface area contributed by atoms with Gasteiger partial charge in [0, 0.05) is 145 Å². The summed E-state index contributed by atoms with van der Waals surface area (Å²) in [5, 5.41) is 38.3. The van der Waals surface area contributed by atoms with Crippen molar-refractivity contribution in [3.05, 3.63) is 255 Å². The van der Waals surface area contributed by atoms with Crippen LogP contribution in [-0.2, 0) is 14.2 Å². The number of fused-ring (bicyclic) bond motifs is 10. The maximum absolute atomic E-state index is 5.48. The van der Waals surface area contributed by atoms with Gasteiger partial charge >= 0.3 is 0 Å². The fourth-order valence-electron chi connectivity index (χ4n) is 14.7. The lowest BCUT2D eigenvalue weighted by Gasteiger charge is -2.30. The quantitative estimate of drug-likeness (QED) is 0.111. The van der Waals surface area contributed by atoms with Crippen LogP contribution >= 0.6 is 35.3 Å². The van der Waals surface area contributed by atoms with Crippen molar-refractivity contribution in [1.29, 1.82) is 0 Å². The number of morpholine rings is 1. The summed E-state index contributed by atoms with van der Waals surface area (Å²) in [5.41, 5.74) is 0. The predicted octanol–water partition coefficient (Wildman–Crippen LogP) is 10.5. The number of hydrogen-bond acceptors (Lipinski definition) is 17. The zero-order chi connectivity index (χ0) is 68.1. The lowest BCUT2D eigenvalue weighted by molar-refractivity contribution is 0.0106. The highest BCUT2D eigenvalue weighted by Gasteiger charge is 2.28. The van der Waals surface area contributed by atoms with Gasteiger partial charge in [0.05, 0.1) is 51.0 Å². The molecule has 11 N–H and O–H groups in total. The summed E-state index contributed by atoms with van der Waals surface area (Å²) < 4.78 is 16.2. The van der Waals surface area contributed by atoms with Gasteiger partial charge in [-0.05, 0) is 62.7 Å². The largest absolute Gasteiger partial charge is 0.384 e. The monoisotopic (exact) mass is 1410 g/mol. The summed E-state index contributed by atoms with van der Waals surface area (Å²) in [7, 11) is 0. The Bertz CT molecular complexity index is 2340. The summed E-state index contributed by atoms with van der Waals surface area (Å²) in [6.07, 6.45) is 97.1. The van der Waals surface area contributed by atoms with Crippen molar-refractivity contribution in [3.63, 3.8) is 0 Å². The molecule has 9 saturated heterocycles. The van der Waals surface area contributed by atoms with Crippen molar-refractivity contribution in [2.45, 2.75) is 90.7 Å². The van der Waals surface area contributed by atoms with Gasteiger partial charge in [0.25, 0.3) is 0 Å². The number of ether oxygens (including phenoxy) is 3. The van der Waals surface area contributed by atoms with Crippen LogP contribution in [0.2, 0.25) is 0 Å². The topological polar surface area (TPSA) is 160 Å². The molecule has 0 aromatic carbocycles. The molecule has 10 aliphatic heterocycles. The smallest absolute Gasteiger partial charge is 0.0973 e. The van der Waals surface area contributed by atoms with E-state index in [1.165, 1.54) is 56.8 Å². The number of allylic oxidation sites excluding steroid dienone is 22. The summed E-state index contributed by atoms with van der Waals surface area (Å²) in [4.78, 5) is 0. The highest BCUT2D eigenvalue weighted by Crippen LogP contribution is 2.29. The molecule has 20 rings (SSSR count). The first-order chi connectivity index (χ1) is 49.7. The molecule has 10 aliphatic carbocycles. The molecule has 9 fully saturated rings. The summed E-state index contributed by atoms with van der Waals surface area (Å²) in [6.45, 7) is 13.0. The Morgan fingerprint density at radius 1 is 0.330 bits per heavy atom. The van der Waals surface area contributed by atoms with Crippen LogP contribution in [0.25, 0.3) is 0 Å². The van der Waals surface area contributed by atoms with Crippen molar-refractivity contribution in [3.8, 4) is 0 Å². The average molecular weight is 1410 g/mol. The van der Waals surface area contributed by atoms with Crippen LogP contribution in [0.5, 0.6) is 0 Å². The van der Waals surface area contributed by atoms with E-state index in [0.717, 1.165) is 99.2 Å². The lowest BCUT2D eigenvalue weighted by Crippen LogP contribution is -2.50. The third kappa shape index (κ3) is 25.6. The molecule has 0 radical (unpaired) electrons. The number of thioether (sulfide) groups is 3. The number of piperidine rings is 2. The number of rotatable bonds is 0. The van der Waals surface area contributed by atoms with Crippen LogP contribution in [-0.4, -0.2) is 174 Å². The molecule has 0 aromatic rings. The Hall–Kier alpha value is -5.13. The van der Waals surface area contributed by atoms with Crippen LogP contribution in [0.15, 0.2) is 255 Å². The fraction of sp³-hybridized carbons (Fsp3) is 0.494. The first kappa shape index (κ1) is 76.0. The van der Waals surface area contributed by atoms with E-state index in [1.54, 1.807) is 0 Å². The molecule has 20 atom stereocenters. The first-order valence-corrected chi connectivity index (χ1v) is 40.7. The third-order valence-corrected chi connectivity index (χ3v) is 24.1. The lowest BCUT2D eigenvalue weighted by atomic mass is 9.84. The molecule has 538 valence electrons. The molecule has 10 heterocycles. The molecule has 0 amide bonds. The van der Waals surface area contributed by atoms with Gasteiger partial charge in [-0.1, -0.05) is 249 Å². The molecular formula is C83H115N11O3S3. The Morgan fingerprint density at radius 3 is 1.61 bits per heavy atom. The highest BCUT2D eigenvalue weighted by molar-refractivity contribution is 8.00. The predicted molar refractivity (Wildman–Crippen MR) is 427 cm³/mol. The van der Waals surface area contributed by atoms with Crippen LogP contribution in [0.4, 0.5) is 0 Å². The van der Waals surface area contributed by atoms with E-state index in [0.29, 0.717) is 90.8 Å². The van der Waals surface area contributed by atoms with Crippen molar-refractivity contribution in [2.75, 3.05) is 109 Å². The van der Waals surface area contributed by atoms with Crippen LogP contribution in [0.3, 0.4) is 0 Å². The number of nitrogens with one attached hydrogen (secondary N) is 11. The van der Waals surface area contributed by atoms with Crippen molar-refractivity contribution in [2.24, 2.45) is 53.3 Å². The zero-order valence-corrected chi connectivity index (χ0v) is 61.0. The first-order valence-electron chi connectivity index (χ1n) is 37.4. The molecular weight excluding hydrogens is 1300 g/mol. The van der Waals surface area contributed by atoms with E-state index in [-0.39, 0.29) is 6.10 Å². The molecule has 0 aromatic heterocycles. The summed E-state index contributed by atoms with van der Waals surface area (Å²) in [6, 6.07) is 3.91. The van der Waals surface area contributed by atoms with Gasteiger partial charge in [0.15, 0.2) is 0 Å². The van der Waals surface area contributed by atoms with E-state index in [2.05, 4.69) is 295 Å². The standard InChI is InChI=1S/C9H13N.C9H11N.C9H13N.C8H12N2.3C8H11NO.3C8H11NS/c2*1-2-6-9-8(4-1)5-3-7-10-9;1-2-4-9-7-10-6-5-8(9)3-1;1-2-4-8-7(3-1)5-9-6-10-8;1-2-4-8-7(3-1)5-10-6-9-8;1-2-4-8-7(3-1)5-9-6-10-8;1-2-4-8-7(3-1)9-5-6-10-8;1-2-4-8-7(3-1)5-10-6-9-8;1-2-4-8-7(3-1)5-9-6-10-8;1-2-4-8-7(3-1)9-5-6-10-8/h1-2,4,6,8-10H,3,5,7H2;1-4,6-10H,5H2;1-4,8-10H,5-7H2;1-4,7-10H,5-6H2;6*1-4,7-9H,5-6H2. The third-order valence-electron chi connectivity index (χ3n) is 20.5. The van der Waals surface area contributed by atoms with E-state index in [1.807, 2.05) is 53.6 Å². The van der Waals surface area contributed by atoms with E-state index in [9.17, 15) is 0 Å². The molecule has 0 saturated carbocycles. The normalized spacial score (nSPS) is 37.4. The summed E-state index contributed by atoms with van der Waals surface area (Å²) >= 11 is 6.03. The van der Waals surface area contributed by atoms with Gasteiger partial charge in [-0.25, -0.2) is 0 Å². The molecule has 0 spiro atoms. The molecule has 14 nitrogen and oxygen atoms in total. The van der Waals surface area contributed by atoms with Gasteiger partial charge in [-0.3, -0.25) is 16.0 Å². The van der Waals surface area contributed by atoms with E-state index >= 15 is 0 Å². The van der Waals surface area contributed by atoms with Crippen molar-refractivity contribution < 1.29 is 14.2 Å². The minimum Gasteiger partial charge on any atom is -0.384 e. The second kappa shape index (κ2) is 44.5. The van der Waals surface area contributed by atoms with E-state index < -0.39 is 0 Å². The second-order valence-electron chi connectivity index (χ2n) is 27.6. The maximum Gasteiger partial charge on any atom is 0.0973 e. The highest BCUT2D eigenvalue weighted by atomic mass is 32.2. The minimum absolute atomic E-state index is 0.277.